The minimum absolute atomic E-state index is 0.177. The first-order valence-corrected chi connectivity index (χ1v) is 8.78. The van der Waals surface area contributed by atoms with Crippen molar-refractivity contribution in [1.82, 2.24) is 5.32 Å². The number of nitrogens with one attached hydrogen (secondary N) is 1. The van der Waals surface area contributed by atoms with Gasteiger partial charge in [0, 0.05) is 19.2 Å². The fourth-order valence-electron chi connectivity index (χ4n) is 3.87. The van der Waals surface area contributed by atoms with E-state index in [2.05, 4.69) is 36.5 Å². The number of carbonyl (C=O) groups is 1. The number of carboxylic acid groups (broad SMARTS) is 1. The number of benzene rings is 1. The van der Waals surface area contributed by atoms with Crippen LogP contribution in [0.5, 0.6) is 0 Å². The maximum absolute atomic E-state index is 11.0. The number of ether oxygens (including phenoxy) is 1. The summed E-state index contributed by atoms with van der Waals surface area (Å²) in [5.74, 6) is -0.888. The lowest BCUT2D eigenvalue weighted by molar-refractivity contribution is -0.181. The summed E-state index contributed by atoms with van der Waals surface area (Å²) in [4.78, 5) is 11.0. The van der Waals surface area contributed by atoms with Crippen molar-refractivity contribution in [3.05, 3.63) is 35.4 Å². The molecule has 3 rings (SSSR count). The summed E-state index contributed by atoms with van der Waals surface area (Å²) in [6.07, 6.45) is 5.61. The van der Waals surface area contributed by atoms with E-state index < -0.39 is 5.97 Å². The molecule has 1 spiro atoms. The molecule has 4 nitrogen and oxygen atoms in total. The number of hydrogen-bond donors (Lipinski definition) is 2. The molecule has 0 radical (unpaired) electrons. The van der Waals surface area contributed by atoms with Gasteiger partial charge in [0.25, 0.3) is 0 Å². The minimum Gasteiger partial charge on any atom is -0.481 e. The molecule has 0 amide bonds. The van der Waals surface area contributed by atoms with Crippen LogP contribution in [0, 0.1) is 5.92 Å². The summed E-state index contributed by atoms with van der Waals surface area (Å²) >= 11 is 0. The molecule has 1 atom stereocenters. The highest BCUT2D eigenvalue weighted by Crippen LogP contribution is 2.46. The van der Waals surface area contributed by atoms with E-state index in [1.54, 1.807) is 0 Å². The summed E-state index contributed by atoms with van der Waals surface area (Å²) in [6, 6.07) is 9.27. The quantitative estimate of drug-likeness (QED) is 0.846. The second kappa shape index (κ2) is 7.02. The van der Waals surface area contributed by atoms with Crippen molar-refractivity contribution in [2.24, 2.45) is 5.92 Å². The molecule has 0 aromatic heterocycles. The predicted octanol–water partition coefficient (Wildman–Crippen LogP) is 3.14. The van der Waals surface area contributed by atoms with Crippen LogP contribution in [-0.2, 0) is 22.5 Å². The zero-order chi connectivity index (χ0) is 16.3. The van der Waals surface area contributed by atoms with Crippen molar-refractivity contribution in [3.8, 4) is 0 Å². The van der Waals surface area contributed by atoms with Crippen LogP contribution in [0.3, 0.4) is 0 Å². The van der Waals surface area contributed by atoms with Gasteiger partial charge in [-0.25, -0.2) is 0 Å². The molecule has 1 aromatic rings. The lowest BCUT2D eigenvalue weighted by Crippen LogP contribution is -2.55. The van der Waals surface area contributed by atoms with Gasteiger partial charge in [0.1, 0.15) is 0 Å². The van der Waals surface area contributed by atoms with Gasteiger partial charge in [-0.1, -0.05) is 37.6 Å². The summed E-state index contributed by atoms with van der Waals surface area (Å²) < 4.78 is 5.90. The summed E-state index contributed by atoms with van der Waals surface area (Å²) in [7, 11) is 0. The van der Waals surface area contributed by atoms with Gasteiger partial charge in [-0.3, -0.25) is 4.79 Å². The van der Waals surface area contributed by atoms with Crippen LogP contribution >= 0.6 is 0 Å². The summed E-state index contributed by atoms with van der Waals surface area (Å²) in [5.41, 5.74) is 2.53. The molecular formula is C19H27NO3. The average molecular weight is 317 g/mol. The molecule has 2 N–H and O–H groups in total. The van der Waals surface area contributed by atoms with E-state index in [0.29, 0.717) is 18.9 Å². The predicted molar refractivity (Wildman–Crippen MR) is 89.3 cm³/mol. The standard InChI is InChI=1S/C19H27NO3/c1-2-3-14-4-6-15(7-5-14)13-20-17-8-9-23-19(12-17)10-16(11-19)18(21)22/h4-7,16-17,20H,2-3,8-13H2,1H3,(H,21,22). The van der Waals surface area contributed by atoms with Crippen molar-refractivity contribution in [3.63, 3.8) is 0 Å². The van der Waals surface area contributed by atoms with Crippen molar-refractivity contribution >= 4 is 5.97 Å². The molecule has 1 unspecified atom stereocenters. The number of carboxylic acids is 1. The number of rotatable bonds is 6. The third-order valence-corrected chi connectivity index (χ3v) is 5.24. The number of aryl methyl sites for hydroxylation is 1. The smallest absolute Gasteiger partial charge is 0.306 e. The zero-order valence-electron chi connectivity index (χ0n) is 13.9. The average Bonchev–Trinajstić information content (AvgIpc) is 2.52. The molecule has 2 fully saturated rings. The van der Waals surface area contributed by atoms with Crippen LogP contribution in [0.2, 0.25) is 0 Å². The van der Waals surface area contributed by atoms with E-state index in [1.807, 2.05) is 0 Å². The summed E-state index contributed by atoms with van der Waals surface area (Å²) in [5, 5.41) is 12.7. The number of aliphatic carboxylic acids is 1. The Balaban J connectivity index is 1.48. The Kier molecular flexibility index (Phi) is 5.02. The summed E-state index contributed by atoms with van der Waals surface area (Å²) in [6.45, 7) is 3.81. The second-order valence-corrected chi connectivity index (χ2v) is 7.11. The Morgan fingerprint density at radius 3 is 2.61 bits per heavy atom. The molecule has 126 valence electrons. The fourth-order valence-corrected chi connectivity index (χ4v) is 3.87. The Morgan fingerprint density at radius 2 is 1.96 bits per heavy atom. The Bertz CT molecular complexity index is 534. The SMILES string of the molecule is CCCc1ccc(CNC2CCOC3(C2)CC(C(=O)O)C3)cc1. The van der Waals surface area contributed by atoms with E-state index >= 15 is 0 Å². The van der Waals surface area contributed by atoms with Gasteiger partial charge >= 0.3 is 5.97 Å². The van der Waals surface area contributed by atoms with Crippen LogP contribution in [0.25, 0.3) is 0 Å². The lowest BCUT2D eigenvalue weighted by atomic mass is 9.66. The largest absolute Gasteiger partial charge is 0.481 e. The first-order chi connectivity index (χ1) is 11.1. The van der Waals surface area contributed by atoms with Gasteiger partial charge in [-0.15, -0.1) is 0 Å². The van der Waals surface area contributed by atoms with Gasteiger partial charge in [0.05, 0.1) is 11.5 Å². The van der Waals surface area contributed by atoms with Gasteiger partial charge in [0.15, 0.2) is 0 Å². The van der Waals surface area contributed by atoms with Crippen LogP contribution in [-0.4, -0.2) is 29.3 Å². The van der Waals surface area contributed by atoms with Gasteiger partial charge in [-0.2, -0.15) is 0 Å². The molecule has 1 saturated heterocycles. The number of hydrogen-bond acceptors (Lipinski definition) is 3. The minimum atomic E-state index is -0.679. The third kappa shape index (κ3) is 3.93. The topological polar surface area (TPSA) is 58.6 Å². The lowest BCUT2D eigenvalue weighted by Gasteiger charge is -2.50. The van der Waals surface area contributed by atoms with Crippen LogP contribution < -0.4 is 5.32 Å². The van der Waals surface area contributed by atoms with Crippen molar-refractivity contribution < 1.29 is 14.6 Å². The highest BCUT2D eigenvalue weighted by atomic mass is 16.5. The van der Waals surface area contributed by atoms with E-state index in [-0.39, 0.29) is 11.5 Å². The molecule has 23 heavy (non-hydrogen) atoms. The molecule has 1 heterocycles. The normalized spacial score (nSPS) is 30.1. The Morgan fingerprint density at radius 1 is 1.26 bits per heavy atom. The Labute approximate surface area is 138 Å². The van der Waals surface area contributed by atoms with Gasteiger partial charge < -0.3 is 15.2 Å². The second-order valence-electron chi connectivity index (χ2n) is 7.11. The van der Waals surface area contributed by atoms with E-state index in [1.165, 1.54) is 17.5 Å². The van der Waals surface area contributed by atoms with Gasteiger partial charge in [-0.05, 0) is 43.2 Å². The first-order valence-electron chi connectivity index (χ1n) is 8.78. The molecule has 1 aromatic carbocycles. The van der Waals surface area contributed by atoms with E-state index in [4.69, 9.17) is 9.84 Å². The van der Waals surface area contributed by atoms with Crippen molar-refractivity contribution in [1.29, 1.82) is 0 Å². The fraction of sp³-hybridized carbons (Fsp3) is 0.632. The van der Waals surface area contributed by atoms with Crippen LogP contribution in [0.15, 0.2) is 24.3 Å². The molecule has 1 aliphatic carbocycles. The maximum Gasteiger partial charge on any atom is 0.306 e. The molecule has 1 saturated carbocycles. The zero-order valence-corrected chi connectivity index (χ0v) is 13.9. The van der Waals surface area contributed by atoms with Crippen molar-refractivity contribution in [2.75, 3.05) is 6.61 Å². The molecule has 0 bridgehead atoms. The highest BCUT2D eigenvalue weighted by molar-refractivity contribution is 5.71. The monoisotopic (exact) mass is 317 g/mol. The third-order valence-electron chi connectivity index (χ3n) is 5.24. The highest BCUT2D eigenvalue weighted by Gasteiger charge is 2.50. The first kappa shape index (κ1) is 16.5. The van der Waals surface area contributed by atoms with E-state index in [0.717, 1.165) is 32.4 Å². The molecular weight excluding hydrogens is 290 g/mol. The van der Waals surface area contributed by atoms with Crippen LogP contribution in [0.1, 0.15) is 50.2 Å². The maximum atomic E-state index is 11.0. The van der Waals surface area contributed by atoms with Gasteiger partial charge in [0.2, 0.25) is 0 Å². The molecule has 4 heteroatoms. The van der Waals surface area contributed by atoms with Crippen LogP contribution in [0.4, 0.5) is 0 Å². The Hall–Kier alpha value is -1.39. The van der Waals surface area contributed by atoms with Crippen molar-refractivity contribution in [2.45, 2.75) is 63.6 Å². The molecule has 1 aliphatic heterocycles. The van der Waals surface area contributed by atoms with E-state index in [9.17, 15) is 4.79 Å². The molecule has 2 aliphatic rings.